The summed E-state index contributed by atoms with van der Waals surface area (Å²) in [7, 11) is 0. The van der Waals surface area contributed by atoms with Gasteiger partial charge < -0.3 is 4.57 Å². The van der Waals surface area contributed by atoms with Crippen LogP contribution in [0, 0.1) is 0 Å². The number of pyridine rings is 1. The zero-order valence-corrected chi connectivity index (χ0v) is 12.3. The average Bonchev–Trinajstić information content (AvgIpc) is 2.66. The minimum Gasteiger partial charge on any atom is -0.309 e. The Labute approximate surface area is 114 Å². The average molecular weight is 317 g/mol. The highest BCUT2D eigenvalue weighted by Gasteiger charge is 2.15. The molecule has 0 aliphatic carbocycles. The maximum atomic E-state index is 5.96. The minimum atomic E-state index is 0.382. The Morgan fingerprint density at radius 3 is 2.94 bits per heavy atom. The Balaban J connectivity index is 2.58. The van der Waals surface area contributed by atoms with Crippen molar-refractivity contribution in [2.45, 2.75) is 38.6 Å². The number of nitrogens with zero attached hydrogens (tertiary/aromatic N) is 3. The van der Waals surface area contributed by atoms with Gasteiger partial charge in [0.1, 0.15) is 11.3 Å². The van der Waals surface area contributed by atoms with Gasteiger partial charge in [0, 0.05) is 16.7 Å². The molecule has 0 radical (unpaired) electrons. The van der Waals surface area contributed by atoms with Crippen LogP contribution in [0.15, 0.2) is 16.7 Å². The Kier molecular flexibility index (Phi) is 4.05. The van der Waals surface area contributed by atoms with E-state index < -0.39 is 0 Å². The number of imidazole rings is 1. The molecule has 0 aromatic carbocycles. The first-order chi connectivity index (χ1) is 8.17. The van der Waals surface area contributed by atoms with Crippen LogP contribution in [0.2, 0.25) is 0 Å². The molecule has 3 nitrogen and oxygen atoms in total. The molecule has 0 aliphatic rings. The first-order valence-corrected chi connectivity index (χ1v) is 7.08. The first kappa shape index (κ1) is 12.8. The van der Waals surface area contributed by atoms with Crippen molar-refractivity contribution in [2.75, 3.05) is 0 Å². The van der Waals surface area contributed by atoms with Gasteiger partial charge in [-0.3, -0.25) is 0 Å². The van der Waals surface area contributed by atoms with E-state index in [4.69, 9.17) is 11.6 Å². The zero-order valence-electron chi connectivity index (χ0n) is 9.95. The van der Waals surface area contributed by atoms with Crippen LogP contribution in [0.3, 0.4) is 0 Å². The summed E-state index contributed by atoms with van der Waals surface area (Å²) in [5.74, 6) is 1.32. The number of fused-ring (bicyclic) bond motifs is 1. The van der Waals surface area contributed by atoms with E-state index in [1.807, 2.05) is 6.07 Å². The summed E-state index contributed by atoms with van der Waals surface area (Å²) in [5, 5.41) is 0. The SMILES string of the molecule is CCCC(C)n1c(CCl)nc2cc(Br)cnc21. The molecule has 0 N–H and O–H groups in total. The van der Waals surface area contributed by atoms with Crippen LogP contribution in [-0.4, -0.2) is 14.5 Å². The molecule has 1 unspecified atom stereocenters. The third-order valence-corrected chi connectivity index (χ3v) is 3.51. The molecule has 2 heterocycles. The predicted octanol–water partition coefficient (Wildman–Crippen LogP) is 4.29. The molecule has 0 aliphatic heterocycles. The Morgan fingerprint density at radius 1 is 1.53 bits per heavy atom. The normalized spacial score (nSPS) is 13.2. The van der Waals surface area contributed by atoms with E-state index in [0.717, 1.165) is 34.3 Å². The fourth-order valence-electron chi connectivity index (χ4n) is 2.11. The smallest absolute Gasteiger partial charge is 0.160 e. The van der Waals surface area contributed by atoms with Crippen molar-refractivity contribution < 1.29 is 0 Å². The molecule has 2 aromatic heterocycles. The molecule has 0 bridgehead atoms. The Hall–Kier alpha value is -0.610. The van der Waals surface area contributed by atoms with Crippen molar-refractivity contribution >= 4 is 38.7 Å². The summed E-state index contributed by atoms with van der Waals surface area (Å²) >= 11 is 9.38. The molecule has 0 saturated heterocycles. The fraction of sp³-hybridized carbons (Fsp3) is 0.500. The van der Waals surface area contributed by atoms with Gasteiger partial charge in [-0.15, -0.1) is 11.6 Å². The van der Waals surface area contributed by atoms with Crippen LogP contribution in [0.25, 0.3) is 11.2 Å². The highest BCUT2D eigenvalue weighted by molar-refractivity contribution is 9.10. The van der Waals surface area contributed by atoms with E-state index in [2.05, 4.69) is 44.3 Å². The summed E-state index contributed by atoms with van der Waals surface area (Å²) in [6.45, 7) is 4.37. The van der Waals surface area contributed by atoms with Crippen molar-refractivity contribution in [3.05, 3.63) is 22.6 Å². The zero-order chi connectivity index (χ0) is 12.4. The van der Waals surface area contributed by atoms with Gasteiger partial charge in [0.05, 0.1) is 5.88 Å². The molecule has 0 spiro atoms. The lowest BCUT2D eigenvalue weighted by atomic mass is 10.2. The van der Waals surface area contributed by atoms with E-state index in [0.29, 0.717) is 11.9 Å². The summed E-state index contributed by atoms with van der Waals surface area (Å²) in [4.78, 5) is 8.98. The number of hydrogen-bond acceptors (Lipinski definition) is 2. The highest BCUT2D eigenvalue weighted by Crippen LogP contribution is 2.25. The first-order valence-electron chi connectivity index (χ1n) is 5.75. The van der Waals surface area contributed by atoms with Gasteiger partial charge in [-0.05, 0) is 35.3 Å². The number of halogens is 2. The summed E-state index contributed by atoms with van der Waals surface area (Å²) in [5.41, 5.74) is 1.82. The lowest BCUT2D eigenvalue weighted by Crippen LogP contribution is -2.08. The molecular weight excluding hydrogens is 302 g/mol. The van der Waals surface area contributed by atoms with Crippen molar-refractivity contribution in [3.63, 3.8) is 0 Å². The lowest BCUT2D eigenvalue weighted by molar-refractivity contribution is 0.498. The van der Waals surface area contributed by atoms with Gasteiger partial charge in [0.15, 0.2) is 5.65 Å². The van der Waals surface area contributed by atoms with Crippen molar-refractivity contribution in [1.82, 2.24) is 14.5 Å². The summed E-state index contributed by atoms with van der Waals surface area (Å²) in [6, 6.07) is 2.36. The molecule has 0 amide bonds. The van der Waals surface area contributed by atoms with Gasteiger partial charge in [-0.25, -0.2) is 9.97 Å². The fourth-order valence-corrected chi connectivity index (χ4v) is 2.62. The van der Waals surface area contributed by atoms with Crippen LogP contribution >= 0.6 is 27.5 Å². The molecule has 92 valence electrons. The van der Waals surface area contributed by atoms with Crippen LogP contribution in [0.4, 0.5) is 0 Å². The molecule has 2 rings (SSSR count). The van der Waals surface area contributed by atoms with E-state index in [1.54, 1.807) is 6.20 Å². The topological polar surface area (TPSA) is 30.7 Å². The molecule has 1 atom stereocenters. The maximum Gasteiger partial charge on any atom is 0.160 e. The van der Waals surface area contributed by atoms with E-state index in [1.165, 1.54) is 0 Å². The molecule has 0 saturated carbocycles. The second-order valence-electron chi connectivity index (χ2n) is 4.17. The van der Waals surface area contributed by atoms with Crippen LogP contribution in [0.1, 0.15) is 38.6 Å². The maximum absolute atomic E-state index is 5.96. The molecule has 2 aromatic rings. The molecule has 5 heteroatoms. The largest absolute Gasteiger partial charge is 0.309 e. The number of alkyl halides is 1. The second kappa shape index (κ2) is 5.36. The third kappa shape index (κ3) is 2.47. The summed E-state index contributed by atoms with van der Waals surface area (Å²) in [6.07, 6.45) is 4.05. The van der Waals surface area contributed by atoms with Gasteiger partial charge in [0.2, 0.25) is 0 Å². The Morgan fingerprint density at radius 2 is 2.29 bits per heavy atom. The van der Waals surface area contributed by atoms with Crippen LogP contribution < -0.4 is 0 Å². The number of hydrogen-bond donors (Lipinski definition) is 0. The number of rotatable bonds is 4. The van der Waals surface area contributed by atoms with Gasteiger partial charge in [0.25, 0.3) is 0 Å². The highest BCUT2D eigenvalue weighted by atomic mass is 79.9. The van der Waals surface area contributed by atoms with E-state index in [9.17, 15) is 0 Å². The monoisotopic (exact) mass is 315 g/mol. The predicted molar refractivity (Wildman–Crippen MR) is 74.4 cm³/mol. The van der Waals surface area contributed by atoms with Crippen molar-refractivity contribution in [2.24, 2.45) is 0 Å². The number of aromatic nitrogens is 3. The molecule has 0 fully saturated rings. The van der Waals surface area contributed by atoms with Gasteiger partial charge in [-0.1, -0.05) is 13.3 Å². The van der Waals surface area contributed by atoms with Crippen molar-refractivity contribution in [3.8, 4) is 0 Å². The molecular formula is C12H15BrClN3. The molecule has 17 heavy (non-hydrogen) atoms. The standard InChI is InChI=1S/C12H15BrClN3/c1-3-4-8(2)17-11(6-14)16-10-5-9(13)7-15-12(10)17/h5,7-8H,3-4,6H2,1-2H3. The van der Waals surface area contributed by atoms with Crippen LogP contribution in [0.5, 0.6) is 0 Å². The van der Waals surface area contributed by atoms with Gasteiger partial charge in [-0.2, -0.15) is 0 Å². The van der Waals surface area contributed by atoms with E-state index >= 15 is 0 Å². The van der Waals surface area contributed by atoms with Crippen molar-refractivity contribution in [1.29, 1.82) is 0 Å². The second-order valence-corrected chi connectivity index (χ2v) is 5.35. The van der Waals surface area contributed by atoms with Crippen LogP contribution in [-0.2, 0) is 5.88 Å². The van der Waals surface area contributed by atoms with E-state index in [-0.39, 0.29) is 0 Å². The third-order valence-electron chi connectivity index (χ3n) is 2.84. The Bertz CT molecular complexity index is 524. The summed E-state index contributed by atoms with van der Waals surface area (Å²) < 4.78 is 3.09. The minimum absolute atomic E-state index is 0.382. The quantitative estimate of drug-likeness (QED) is 0.788. The lowest BCUT2D eigenvalue weighted by Gasteiger charge is -2.15. The van der Waals surface area contributed by atoms with Gasteiger partial charge >= 0.3 is 0 Å².